The molecule has 138 valence electrons. The first-order valence-corrected chi connectivity index (χ1v) is 8.57. The molecule has 1 heterocycles. The van der Waals surface area contributed by atoms with E-state index in [0.717, 1.165) is 5.69 Å². The molecule has 1 unspecified atom stereocenters. The number of rotatable bonds is 5. The fraction of sp³-hybridized carbons (Fsp3) is 0.150. The molecular formula is C20H17ClN2O4. The van der Waals surface area contributed by atoms with Gasteiger partial charge < -0.3 is 9.47 Å². The molecule has 0 bridgehead atoms. The Balaban J connectivity index is 2.02. The molecule has 0 saturated carbocycles. The Morgan fingerprint density at radius 3 is 2.37 bits per heavy atom. The van der Waals surface area contributed by atoms with E-state index in [0.29, 0.717) is 16.3 Å². The Kier molecular flexibility index (Phi) is 5.57. The molecule has 0 amide bonds. The van der Waals surface area contributed by atoms with Gasteiger partial charge in [0, 0.05) is 16.8 Å². The van der Waals surface area contributed by atoms with Crippen LogP contribution in [0.25, 0.3) is 16.9 Å². The molecule has 7 heteroatoms. The van der Waals surface area contributed by atoms with Crippen molar-refractivity contribution in [3.05, 3.63) is 71.4 Å². The number of carbonyl (C=O) groups is 2. The van der Waals surface area contributed by atoms with Crippen molar-refractivity contribution in [1.29, 1.82) is 0 Å². The predicted octanol–water partition coefficient (Wildman–Crippen LogP) is 3.91. The number of carbonyl (C=O) groups excluding carboxylic acids is 2. The van der Waals surface area contributed by atoms with Crippen molar-refractivity contribution >= 4 is 23.5 Å². The van der Waals surface area contributed by atoms with E-state index in [1.54, 1.807) is 35.1 Å². The maximum atomic E-state index is 12.7. The summed E-state index contributed by atoms with van der Waals surface area (Å²) in [7, 11) is 1.24. The topological polar surface area (TPSA) is 70.4 Å². The molecule has 0 spiro atoms. The Morgan fingerprint density at radius 2 is 1.74 bits per heavy atom. The van der Waals surface area contributed by atoms with E-state index in [-0.39, 0.29) is 5.56 Å². The van der Waals surface area contributed by atoms with Crippen LogP contribution in [0.3, 0.4) is 0 Å². The van der Waals surface area contributed by atoms with Gasteiger partial charge >= 0.3 is 11.9 Å². The second-order valence-corrected chi connectivity index (χ2v) is 6.19. The van der Waals surface area contributed by atoms with Gasteiger partial charge in [0.1, 0.15) is 11.3 Å². The van der Waals surface area contributed by atoms with Crippen molar-refractivity contribution in [3.63, 3.8) is 0 Å². The third-order valence-corrected chi connectivity index (χ3v) is 4.14. The third kappa shape index (κ3) is 4.17. The Hall–Kier alpha value is -3.12. The first kappa shape index (κ1) is 18.7. The number of halogens is 1. The maximum absolute atomic E-state index is 12.7. The van der Waals surface area contributed by atoms with Gasteiger partial charge in [-0.05, 0) is 31.2 Å². The predicted molar refractivity (Wildman–Crippen MR) is 101 cm³/mol. The molecule has 3 aromatic rings. The molecule has 0 aliphatic carbocycles. The second kappa shape index (κ2) is 8.05. The van der Waals surface area contributed by atoms with E-state index in [2.05, 4.69) is 9.84 Å². The van der Waals surface area contributed by atoms with Gasteiger partial charge in [-0.2, -0.15) is 5.10 Å². The van der Waals surface area contributed by atoms with Gasteiger partial charge in [-0.25, -0.2) is 14.3 Å². The van der Waals surface area contributed by atoms with Crippen LogP contribution in [0.15, 0.2) is 60.8 Å². The van der Waals surface area contributed by atoms with Crippen LogP contribution in [0.1, 0.15) is 17.3 Å². The van der Waals surface area contributed by atoms with Crippen LogP contribution in [0, 0.1) is 0 Å². The number of methoxy groups -OCH3 is 1. The van der Waals surface area contributed by atoms with Gasteiger partial charge in [-0.3, -0.25) is 0 Å². The number of aromatic nitrogens is 2. The highest BCUT2D eigenvalue weighted by Gasteiger charge is 2.24. The molecule has 0 N–H and O–H groups in total. The number of nitrogens with zero attached hydrogens (tertiary/aromatic N) is 2. The van der Waals surface area contributed by atoms with E-state index >= 15 is 0 Å². The minimum absolute atomic E-state index is 0.233. The number of hydrogen-bond donors (Lipinski definition) is 0. The minimum Gasteiger partial charge on any atom is -0.466 e. The molecule has 1 atom stereocenters. The Bertz CT molecular complexity index is 952. The van der Waals surface area contributed by atoms with Crippen molar-refractivity contribution in [1.82, 2.24) is 9.78 Å². The van der Waals surface area contributed by atoms with E-state index in [4.69, 9.17) is 16.3 Å². The first-order valence-electron chi connectivity index (χ1n) is 8.19. The molecule has 27 heavy (non-hydrogen) atoms. The minimum atomic E-state index is -1.03. The maximum Gasteiger partial charge on any atom is 0.346 e. The van der Waals surface area contributed by atoms with Crippen LogP contribution < -0.4 is 0 Å². The largest absolute Gasteiger partial charge is 0.466 e. The van der Waals surface area contributed by atoms with E-state index in [1.807, 2.05) is 30.3 Å². The van der Waals surface area contributed by atoms with Crippen LogP contribution >= 0.6 is 11.6 Å². The average Bonchev–Trinajstić information content (AvgIpc) is 3.14. The van der Waals surface area contributed by atoms with Crippen molar-refractivity contribution in [2.24, 2.45) is 0 Å². The summed E-state index contributed by atoms with van der Waals surface area (Å²) < 4.78 is 11.4. The third-order valence-electron chi connectivity index (χ3n) is 3.89. The molecule has 0 fully saturated rings. The van der Waals surface area contributed by atoms with Crippen molar-refractivity contribution < 1.29 is 19.1 Å². The number of para-hydroxylation sites is 1. The van der Waals surface area contributed by atoms with Gasteiger partial charge in [0.25, 0.3) is 0 Å². The van der Waals surface area contributed by atoms with Gasteiger partial charge in [-0.1, -0.05) is 41.9 Å². The second-order valence-electron chi connectivity index (χ2n) is 5.75. The van der Waals surface area contributed by atoms with Gasteiger partial charge in [0.05, 0.1) is 12.8 Å². The lowest BCUT2D eigenvalue weighted by Crippen LogP contribution is -2.25. The molecule has 0 radical (unpaired) electrons. The molecule has 6 nitrogen and oxygen atoms in total. The summed E-state index contributed by atoms with van der Waals surface area (Å²) in [5.74, 6) is -1.30. The molecule has 3 rings (SSSR count). The Labute approximate surface area is 161 Å². The number of ether oxygens (including phenoxy) is 2. The van der Waals surface area contributed by atoms with Gasteiger partial charge in [-0.15, -0.1) is 0 Å². The summed E-state index contributed by atoms with van der Waals surface area (Å²) >= 11 is 5.95. The zero-order valence-corrected chi connectivity index (χ0v) is 15.5. The fourth-order valence-electron chi connectivity index (χ4n) is 2.50. The quantitative estimate of drug-likeness (QED) is 0.624. The van der Waals surface area contributed by atoms with Crippen LogP contribution in [-0.2, 0) is 14.3 Å². The molecular weight excluding hydrogens is 368 g/mol. The first-order chi connectivity index (χ1) is 13.0. The highest BCUT2D eigenvalue weighted by Crippen LogP contribution is 2.26. The lowest BCUT2D eigenvalue weighted by Gasteiger charge is -2.10. The monoisotopic (exact) mass is 384 g/mol. The molecule has 0 aliphatic rings. The fourth-order valence-corrected chi connectivity index (χ4v) is 2.62. The summed E-state index contributed by atoms with van der Waals surface area (Å²) in [6, 6.07) is 16.3. The van der Waals surface area contributed by atoms with Crippen molar-refractivity contribution in [3.8, 4) is 16.9 Å². The molecule has 0 aliphatic heterocycles. The normalized spacial score (nSPS) is 11.7. The SMILES string of the molecule is COC(=O)C(C)OC(=O)c1cn(-c2ccccc2)nc1-c1ccc(Cl)cc1. The summed E-state index contributed by atoms with van der Waals surface area (Å²) in [4.78, 5) is 24.2. The Morgan fingerprint density at radius 1 is 1.07 bits per heavy atom. The van der Waals surface area contributed by atoms with Crippen LogP contribution in [0.4, 0.5) is 0 Å². The summed E-state index contributed by atoms with van der Waals surface area (Å²) in [6.45, 7) is 1.45. The van der Waals surface area contributed by atoms with Crippen molar-refractivity contribution in [2.75, 3.05) is 7.11 Å². The summed E-state index contributed by atoms with van der Waals surface area (Å²) in [6.07, 6.45) is 0.548. The lowest BCUT2D eigenvalue weighted by atomic mass is 10.1. The van der Waals surface area contributed by atoms with Crippen LogP contribution in [-0.4, -0.2) is 34.9 Å². The van der Waals surface area contributed by atoms with E-state index in [1.165, 1.54) is 14.0 Å². The van der Waals surface area contributed by atoms with Crippen LogP contribution in [0.5, 0.6) is 0 Å². The lowest BCUT2D eigenvalue weighted by molar-refractivity contribution is -0.149. The standard InChI is InChI=1S/C20H17ClN2O4/c1-13(19(24)26-2)27-20(25)17-12-23(16-6-4-3-5-7-16)22-18(17)14-8-10-15(21)11-9-14/h3-13H,1-2H3. The van der Waals surface area contributed by atoms with Crippen LogP contribution in [0.2, 0.25) is 5.02 Å². The summed E-state index contributed by atoms with van der Waals surface area (Å²) in [5, 5.41) is 5.10. The zero-order chi connectivity index (χ0) is 19.4. The van der Waals surface area contributed by atoms with Gasteiger partial charge in [0.2, 0.25) is 0 Å². The van der Waals surface area contributed by atoms with Gasteiger partial charge in [0.15, 0.2) is 6.10 Å². The number of benzene rings is 2. The van der Waals surface area contributed by atoms with Crippen molar-refractivity contribution in [2.45, 2.75) is 13.0 Å². The molecule has 0 saturated heterocycles. The highest BCUT2D eigenvalue weighted by molar-refractivity contribution is 6.30. The zero-order valence-electron chi connectivity index (χ0n) is 14.8. The average molecular weight is 385 g/mol. The smallest absolute Gasteiger partial charge is 0.346 e. The highest BCUT2D eigenvalue weighted by atomic mass is 35.5. The molecule has 2 aromatic carbocycles. The van der Waals surface area contributed by atoms with E-state index in [9.17, 15) is 9.59 Å². The number of esters is 2. The summed E-state index contributed by atoms with van der Waals surface area (Å²) in [5.41, 5.74) is 2.15. The molecule has 1 aromatic heterocycles. The number of hydrogen-bond acceptors (Lipinski definition) is 5. The van der Waals surface area contributed by atoms with E-state index < -0.39 is 18.0 Å².